The molecule has 1 fully saturated rings. The summed E-state index contributed by atoms with van der Waals surface area (Å²) in [4.78, 5) is 12.0. The van der Waals surface area contributed by atoms with Crippen LogP contribution in [0.25, 0.3) is 6.08 Å². The van der Waals surface area contributed by atoms with Gasteiger partial charge >= 0.3 is 0 Å². The molecule has 1 aliphatic carbocycles. The summed E-state index contributed by atoms with van der Waals surface area (Å²) in [5.74, 6) is 0.0237. The van der Waals surface area contributed by atoms with E-state index in [-0.39, 0.29) is 5.91 Å². The van der Waals surface area contributed by atoms with Crippen LogP contribution in [0.2, 0.25) is 0 Å². The number of amides is 1. The number of nitrogens with one attached hydrogen (secondary N) is 1. The average Bonchev–Trinajstić information content (AvgIpc) is 2.39. The summed E-state index contributed by atoms with van der Waals surface area (Å²) in [5, 5.41) is 3.13. The molecule has 1 amide bonds. The molecule has 2 nitrogen and oxygen atoms in total. The zero-order valence-corrected chi connectivity index (χ0v) is 13.4. The maximum atomic E-state index is 12.0. The second kappa shape index (κ2) is 8.25. The summed E-state index contributed by atoms with van der Waals surface area (Å²) in [5.41, 5.74) is 1.03. The summed E-state index contributed by atoms with van der Waals surface area (Å²) < 4.78 is 1.03. The molecule has 1 aromatic rings. The predicted octanol–water partition coefficient (Wildman–Crippen LogP) is 4.69. The van der Waals surface area contributed by atoms with Crippen LogP contribution in [0.4, 0.5) is 0 Å². The summed E-state index contributed by atoms with van der Waals surface area (Å²) in [6.45, 7) is 0. The Morgan fingerprint density at radius 3 is 2.55 bits per heavy atom. The molecule has 0 aliphatic heterocycles. The molecule has 1 saturated carbocycles. The van der Waals surface area contributed by atoms with Gasteiger partial charge in [0.25, 0.3) is 0 Å². The van der Waals surface area contributed by atoms with E-state index in [1.54, 1.807) is 6.08 Å². The predicted molar refractivity (Wildman–Crippen MR) is 87.4 cm³/mol. The fourth-order valence-electron chi connectivity index (χ4n) is 2.63. The van der Waals surface area contributed by atoms with Gasteiger partial charge in [-0.25, -0.2) is 0 Å². The summed E-state index contributed by atoms with van der Waals surface area (Å²) in [6, 6.07) is 8.29. The van der Waals surface area contributed by atoms with E-state index in [2.05, 4.69) is 21.2 Å². The van der Waals surface area contributed by atoms with Gasteiger partial charge in [0.05, 0.1) is 0 Å². The van der Waals surface area contributed by atoms with E-state index in [9.17, 15) is 4.79 Å². The number of hydrogen-bond donors (Lipinski definition) is 1. The number of halogens is 1. The molecule has 108 valence electrons. The normalized spacial score (nSPS) is 17.6. The molecule has 0 atom stereocenters. The highest BCUT2D eigenvalue weighted by atomic mass is 79.9. The van der Waals surface area contributed by atoms with Gasteiger partial charge in [-0.1, -0.05) is 60.2 Å². The third-order valence-corrected chi connectivity index (χ3v) is 4.22. The van der Waals surface area contributed by atoms with Gasteiger partial charge < -0.3 is 5.32 Å². The lowest BCUT2D eigenvalue weighted by Crippen LogP contribution is -2.34. The van der Waals surface area contributed by atoms with Gasteiger partial charge in [-0.2, -0.15) is 0 Å². The van der Waals surface area contributed by atoms with E-state index in [4.69, 9.17) is 0 Å². The molecule has 3 heteroatoms. The van der Waals surface area contributed by atoms with Crippen molar-refractivity contribution < 1.29 is 4.79 Å². The molecular weight excluding hydrogens is 314 g/mol. The SMILES string of the molecule is O=C(C=Cc1cccc(Br)c1)NC1CCCCCCC1. The minimum absolute atomic E-state index is 0.0237. The molecule has 0 radical (unpaired) electrons. The topological polar surface area (TPSA) is 29.1 Å². The molecule has 1 aliphatic rings. The zero-order chi connectivity index (χ0) is 14.2. The lowest BCUT2D eigenvalue weighted by atomic mass is 9.97. The summed E-state index contributed by atoms with van der Waals surface area (Å²) in [6.07, 6.45) is 12.2. The van der Waals surface area contributed by atoms with Crippen molar-refractivity contribution in [3.05, 3.63) is 40.4 Å². The molecule has 0 bridgehead atoms. The summed E-state index contributed by atoms with van der Waals surface area (Å²) >= 11 is 3.43. The Balaban J connectivity index is 1.84. The van der Waals surface area contributed by atoms with Crippen LogP contribution in [-0.2, 0) is 4.79 Å². The van der Waals surface area contributed by atoms with Crippen molar-refractivity contribution in [2.24, 2.45) is 0 Å². The van der Waals surface area contributed by atoms with Gasteiger partial charge in [-0.15, -0.1) is 0 Å². The Morgan fingerprint density at radius 1 is 1.15 bits per heavy atom. The van der Waals surface area contributed by atoms with E-state index in [0.717, 1.165) is 22.9 Å². The fourth-order valence-corrected chi connectivity index (χ4v) is 3.05. The minimum atomic E-state index is 0.0237. The first-order chi connectivity index (χ1) is 9.74. The Hall–Kier alpha value is -1.09. The molecule has 0 aromatic heterocycles. The van der Waals surface area contributed by atoms with Crippen LogP contribution in [-0.4, -0.2) is 11.9 Å². The quantitative estimate of drug-likeness (QED) is 0.797. The van der Waals surface area contributed by atoms with Gasteiger partial charge in [-0.3, -0.25) is 4.79 Å². The van der Waals surface area contributed by atoms with Crippen molar-refractivity contribution in [3.8, 4) is 0 Å². The third-order valence-electron chi connectivity index (χ3n) is 3.73. The fraction of sp³-hybridized carbons (Fsp3) is 0.471. The highest BCUT2D eigenvalue weighted by Crippen LogP contribution is 2.17. The van der Waals surface area contributed by atoms with Crippen LogP contribution in [0.5, 0.6) is 0 Å². The zero-order valence-electron chi connectivity index (χ0n) is 11.8. The van der Waals surface area contributed by atoms with Crippen LogP contribution >= 0.6 is 15.9 Å². The number of benzene rings is 1. The van der Waals surface area contributed by atoms with Crippen molar-refractivity contribution in [3.63, 3.8) is 0 Å². The number of rotatable bonds is 3. The highest BCUT2D eigenvalue weighted by molar-refractivity contribution is 9.10. The smallest absolute Gasteiger partial charge is 0.244 e. The van der Waals surface area contributed by atoms with E-state index in [1.165, 1.54) is 32.1 Å². The largest absolute Gasteiger partial charge is 0.350 e. The highest BCUT2D eigenvalue weighted by Gasteiger charge is 2.12. The molecular formula is C17H22BrNO. The minimum Gasteiger partial charge on any atom is -0.350 e. The Kier molecular flexibility index (Phi) is 6.31. The third kappa shape index (κ3) is 5.49. The van der Waals surface area contributed by atoms with E-state index < -0.39 is 0 Å². The second-order valence-electron chi connectivity index (χ2n) is 5.44. The lowest BCUT2D eigenvalue weighted by Gasteiger charge is -2.20. The van der Waals surface area contributed by atoms with Gasteiger partial charge in [-0.05, 0) is 36.6 Å². The molecule has 0 saturated heterocycles. The van der Waals surface area contributed by atoms with Crippen LogP contribution < -0.4 is 5.32 Å². The van der Waals surface area contributed by atoms with Gasteiger partial charge in [0.2, 0.25) is 5.91 Å². The number of hydrogen-bond acceptors (Lipinski definition) is 1. The summed E-state index contributed by atoms with van der Waals surface area (Å²) in [7, 11) is 0. The molecule has 0 unspecified atom stereocenters. The van der Waals surface area contributed by atoms with E-state index in [0.29, 0.717) is 6.04 Å². The van der Waals surface area contributed by atoms with Crippen molar-refractivity contribution in [2.45, 2.75) is 51.0 Å². The number of carbonyl (C=O) groups is 1. The van der Waals surface area contributed by atoms with Crippen LogP contribution in [0.15, 0.2) is 34.8 Å². The monoisotopic (exact) mass is 335 g/mol. The first kappa shape index (κ1) is 15.3. The maximum Gasteiger partial charge on any atom is 0.244 e. The molecule has 2 rings (SSSR count). The molecule has 1 N–H and O–H groups in total. The van der Waals surface area contributed by atoms with Gasteiger partial charge in [0.1, 0.15) is 0 Å². The molecule has 0 spiro atoms. The van der Waals surface area contributed by atoms with E-state index >= 15 is 0 Å². The molecule has 1 aromatic carbocycles. The van der Waals surface area contributed by atoms with Crippen LogP contribution in [0.3, 0.4) is 0 Å². The van der Waals surface area contributed by atoms with Crippen molar-refractivity contribution in [1.82, 2.24) is 5.32 Å². The van der Waals surface area contributed by atoms with Crippen LogP contribution in [0, 0.1) is 0 Å². The van der Waals surface area contributed by atoms with Crippen molar-refractivity contribution >= 4 is 27.9 Å². The average molecular weight is 336 g/mol. The Morgan fingerprint density at radius 2 is 1.85 bits per heavy atom. The Bertz CT molecular complexity index is 462. The maximum absolute atomic E-state index is 12.0. The Labute approximate surface area is 129 Å². The van der Waals surface area contributed by atoms with Crippen LogP contribution in [0.1, 0.15) is 50.5 Å². The van der Waals surface area contributed by atoms with Gasteiger partial charge in [0, 0.05) is 16.6 Å². The van der Waals surface area contributed by atoms with Gasteiger partial charge in [0.15, 0.2) is 0 Å². The van der Waals surface area contributed by atoms with Crippen molar-refractivity contribution in [2.75, 3.05) is 0 Å². The first-order valence-corrected chi connectivity index (χ1v) is 8.27. The molecule has 0 heterocycles. The first-order valence-electron chi connectivity index (χ1n) is 7.48. The lowest BCUT2D eigenvalue weighted by molar-refractivity contribution is -0.117. The van der Waals surface area contributed by atoms with Crippen molar-refractivity contribution in [1.29, 1.82) is 0 Å². The second-order valence-corrected chi connectivity index (χ2v) is 6.35. The number of carbonyl (C=O) groups excluding carboxylic acids is 1. The molecule has 20 heavy (non-hydrogen) atoms. The standard InChI is InChI=1S/C17H22BrNO/c18-15-8-6-7-14(13-15)11-12-17(20)19-16-9-4-2-1-3-5-10-16/h6-8,11-13,16H,1-5,9-10H2,(H,19,20). The van der Waals surface area contributed by atoms with E-state index in [1.807, 2.05) is 30.3 Å².